The van der Waals surface area contributed by atoms with Gasteiger partial charge in [-0.05, 0) is 31.0 Å². The normalized spacial score (nSPS) is 11.5. The van der Waals surface area contributed by atoms with Crippen molar-refractivity contribution in [3.63, 3.8) is 0 Å². The molecule has 0 fully saturated rings. The van der Waals surface area contributed by atoms with Crippen LogP contribution in [0.3, 0.4) is 0 Å². The van der Waals surface area contributed by atoms with Crippen LogP contribution in [0.2, 0.25) is 0 Å². The number of benzene rings is 1. The minimum Gasteiger partial charge on any atom is -0.385 e. The molecule has 0 unspecified atom stereocenters. The van der Waals surface area contributed by atoms with Crippen LogP contribution in [-0.4, -0.2) is 21.2 Å². The van der Waals surface area contributed by atoms with Gasteiger partial charge in [-0.2, -0.15) is 0 Å². The van der Waals surface area contributed by atoms with E-state index in [2.05, 4.69) is 12.2 Å². The molecule has 0 atom stereocenters. The molecule has 4 heteroatoms. The first-order chi connectivity index (χ1) is 8.95. The summed E-state index contributed by atoms with van der Waals surface area (Å²) in [5.74, 6) is 0. The van der Waals surface area contributed by atoms with Gasteiger partial charge in [0.15, 0.2) is 9.84 Å². The number of sulfone groups is 1. The maximum absolute atomic E-state index is 11.5. The molecule has 0 saturated heterocycles. The zero-order valence-electron chi connectivity index (χ0n) is 12.2. The Hall–Kier alpha value is -1.03. The highest BCUT2D eigenvalue weighted by atomic mass is 32.2. The molecule has 1 N–H and O–H groups in total. The average molecular weight is 283 g/mol. The van der Waals surface area contributed by atoms with Crippen LogP contribution in [0, 0.1) is 6.92 Å². The fourth-order valence-electron chi connectivity index (χ4n) is 1.97. The molecule has 0 aromatic heterocycles. The summed E-state index contributed by atoms with van der Waals surface area (Å²) in [6.45, 7) is 5.10. The first-order valence-electron chi connectivity index (χ1n) is 6.99. The zero-order valence-corrected chi connectivity index (χ0v) is 13.0. The topological polar surface area (TPSA) is 46.2 Å². The largest absolute Gasteiger partial charge is 0.385 e. The predicted octanol–water partition coefficient (Wildman–Crippen LogP) is 3.78. The molecule has 0 aliphatic rings. The van der Waals surface area contributed by atoms with E-state index in [-0.39, 0.29) is 0 Å². The second-order valence-corrected chi connectivity index (χ2v) is 7.11. The van der Waals surface area contributed by atoms with Crippen molar-refractivity contribution in [1.82, 2.24) is 0 Å². The molecule has 19 heavy (non-hydrogen) atoms. The highest BCUT2D eigenvalue weighted by molar-refractivity contribution is 7.90. The molecule has 0 aliphatic carbocycles. The molecule has 1 rings (SSSR count). The van der Waals surface area contributed by atoms with Crippen molar-refractivity contribution in [2.45, 2.75) is 50.8 Å². The van der Waals surface area contributed by atoms with Gasteiger partial charge >= 0.3 is 0 Å². The summed E-state index contributed by atoms with van der Waals surface area (Å²) in [5, 5.41) is 3.34. The fraction of sp³-hybridized carbons (Fsp3) is 0.600. The fourth-order valence-corrected chi connectivity index (χ4v) is 2.62. The highest BCUT2D eigenvalue weighted by Gasteiger charge is 2.08. The third kappa shape index (κ3) is 5.64. The van der Waals surface area contributed by atoms with E-state index in [0.29, 0.717) is 4.90 Å². The molecule has 0 heterocycles. The van der Waals surface area contributed by atoms with Gasteiger partial charge in [-0.1, -0.05) is 38.7 Å². The van der Waals surface area contributed by atoms with Gasteiger partial charge < -0.3 is 5.32 Å². The number of unbranched alkanes of at least 4 members (excludes halogenated alkanes) is 4. The average Bonchev–Trinajstić information content (AvgIpc) is 2.34. The standard InChI is InChI=1S/C15H25NO2S/c1-4-5-6-7-8-11-16-15-12-14(19(3,17)18)10-9-13(15)2/h9-10,12,16H,4-8,11H2,1-3H3. The van der Waals surface area contributed by atoms with Crippen molar-refractivity contribution in [2.24, 2.45) is 0 Å². The van der Waals surface area contributed by atoms with Gasteiger partial charge in [0.25, 0.3) is 0 Å². The lowest BCUT2D eigenvalue weighted by Crippen LogP contribution is -2.05. The Balaban J connectivity index is 2.53. The molecule has 1 aromatic carbocycles. The molecule has 0 amide bonds. The highest BCUT2D eigenvalue weighted by Crippen LogP contribution is 2.20. The smallest absolute Gasteiger partial charge is 0.175 e. The maximum Gasteiger partial charge on any atom is 0.175 e. The van der Waals surface area contributed by atoms with E-state index in [4.69, 9.17) is 0 Å². The van der Waals surface area contributed by atoms with E-state index in [1.165, 1.54) is 31.9 Å². The van der Waals surface area contributed by atoms with E-state index in [9.17, 15) is 8.42 Å². The van der Waals surface area contributed by atoms with Gasteiger partial charge in [-0.15, -0.1) is 0 Å². The van der Waals surface area contributed by atoms with Crippen LogP contribution in [0.4, 0.5) is 5.69 Å². The van der Waals surface area contributed by atoms with Gasteiger partial charge in [0.05, 0.1) is 4.90 Å². The van der Waals surface area contributed by atoms with E-state index < -0.39 is 9.84 Å². The Morgan fingerprint density at radius 1 is 1.11 bits per heavy atom. The third-order valence-electron chi connectivity index (χ3n) is 3.23. The molecule has 0 spiro atoms. The molecular weight excluding hydrogens is 258 g/mol. The second kappa shape index (κ2) is 7.53. The Morgan fingerprint density at radius 2 is 1.79 bits per heavy atom. The lowest BCUT2D eigenvalue weighted by atomic mass is 10.1. The Kier molecular flexibility index (Phi) is 6.35. The molecular formula is C15H25NO2S. The van der Waals surface area contributed by atoms with E-state index in [0.717, 1.165) is 24.2 Å². The van der Waals surface area contributed by atoms with Gasteiger partial charge in [0.1, 0.15) is 0 Å². The van der Waals surface area contributed by atoms with E-state index in [1.54, 1.807) is 12.1 Å². The van der Waals surface area contributed by atoms with Crippen LogP contribution in [-0.2, 0) is 9.84 Å². The molecule has 108 valence electrons. The number of anilines is 1. The minimum atomic E-state index is -3.12. The maximum atomic E-state index is 11.5. The number of aryl methyl sites for hydroxylation is 1. The summed E-state index contributed by atoms with van der Waals surface area (Å²) in [5.41, 5.74) is 2.01. The molecule has 1 aromatic rings. The van der Waals surface area contributed by atoms with Crippen LogP contribution in [0.5, 0.6) is 0 Å². The van der Waals surface area contributed by atoms with Gasteiger partial charge in [-0.25, -0.2) is 8.42 Å². The van der Waals surface area contributed by atoms with Gasteiger partial charge in [-0.3, -0.25) is 0 Å². The number of rotatable bonds is 8. The number of nitrogens with one attached hydrogen (secondary N) is 1. The minimum absolute atomic E-state index is 0.381. The van der Waals surface area contributed by atoms with Crippen LogP contribution in [0.1, 0.15) is 44.6 Å². The van der Waals surface area contributed by atoms with Gasteiger partial charge in [0, 0.05) is 18.5 Å². The predicted molar refractivity (Wildman–Crippen MR) is 81.5 cm³/mol. The lowest BCUT2D eigenvalue weighted by molar-refractivity contribution is 0.602. The summed E-state index contributed by atoms with van der Waals surface area (Å²) >= 11 is 0. The zero-order chi connectivity index (χ0) is 14.3. The second-order valence-electron chi connectivity index (χ2n) is 5.09. The molecule has 3 nitrogen and oxygen atoms in total. The number of hydrogen-bond acceptors (Lipinski definition) is 3. The lowest BCUT2D eigenvalue weighted by Gasteiger charge is -2.11. The molecule has 0 radical (unpaired) electrons. The van der Waals surface area contributed by atoms with Crippen molar-refractivity contribution in [3.8, 4) is 0 Å². The number of hydrogen-bond donors (Lipinski definition) is 1. The van der Waals surface area contributed by atoms with Crippen LogP contribution < -0.4 is 5.32 Å². The van der Waals surface area contributed by atoms with Crippen LogP contribution >= 0.6 is 0 Å². The summed E-state index contributed by atoms with van der Waals surface area (Å²) < 4.78 is 23.0. The summed E-state index contributed by atoms with van der Waals surface area (Å²) in [6, 6.07) is 5.25. The van der Waals surface area contributed by atoms with Crippen molar-refractivity contribution >= 4 is 15.5 Å². The van der Waals surface area contributed by atoms with E-state index >= 15 is 0 Å². The monoisotopic (exact) mass is 283 g/mol. The van der Waals surface area contributed by atoms with E-state index in [1.807, 2.05) is 13.0 Å². The van der Waals surface area contributed by atoms with Gasteiger partial charge in [0.2, 0.25) is 0 Å². The summed E-state index contributed by atoms with van der Waals surface area (Å²) in [4.78, 5) is 0.381. The SMILES string of the molecule is CCCCCCCNc1cc(S(C)(=O)=O)ccc1C. The Bertz CT molecular complexity index is 495. The van der Waals surface area contributed by atoms with Crippen LogP contribution in [0.15, 0.2) is 23.1 Å². The van der Waals surface area contributed by atoms with Crippen LogP contribution in [0.25, 0.3) is 0 Å². The Labute approximate surface area is 117 Å². The van der Waals surface area contributed by atoms with Crippen molar-refractivity contribution < 1.29 is 8.42 Å². The van der Waals surface area contributed by atoms with Crippen molar-refractivity contribution in [3.05, 3.63) is 23.8 Å². The molecule has 0 bridgehead atoms. The Morgan fingerprint density at radius 3 is 2.42 bits per heavy atom. The molecule has 0 saturated carbocycles. The summed E-state index contributed by atoms with van der Waals surface area (Å²) in [6.07, 6.45) is 7.42. The molecule has 0 aliphatic heterocycles. The van der Waals surface area contributed by atoms with Crippen molar-refractivity contribution in [2.75, 3.05) is 18.1 Å². The summed E-state index contributed by atoms with van der Waals surface area (Å²) in [7, 11) is -3.12. The van der Waals surface area contributed by atoms with Crippen molar-refractivity contribution in [1.29, 1.82) is 0 Å². The first-order valence-corrected chi connectivity index (χ1v) is 8.89. The third-order valence-corrected chi connectivity index (χ3v) is 4.34. The first kappa shape index (κ1) is 16.0. The quantitative estimate of drug-likeness (QED) is 0.738.